The minimum Gasteiger partial charge on any atom is -0.383 e. The Morgan fingerprint density at radius 1 is 1.09 bits per heavy atom. The zero-order chi connectivity index (χ0) is 16.4. The Labute approximate surface area is 135 Å². The average Bonchev–Trinajstić information content (AvgIpc) is 2.54. The standard InChI is InChI=1S/C19H19N3O/c1-13-8-17(19(20)21-10-13)16-9-18(23)22(11-14(16)2)12-15-6-4-3-5-7-15/h3-11H,12H2,1-2H3,(H2,20,21). The molecule has 0 amide bonds. The van der Waals surface area contributed by atoms with Gasteiger partial charge >= 0.3 is 0 Å². The fourth-order valence-corrected chi connectivity index (χ4v) is 2.68. The van der Waals surface area contributed by atoms with Crippen LogP contribution in [0.2, 0.25) is 0 Å². The molecule has 0 aliphatic heterocycles. The van der Waals surface area contributed by atoms with Gasteiger partial charge in [0.05, 0.1) is 6.54 Å². The Morgan fingerprint density at radius 2 is 1.83 bits per heavy atom. The molecular weight excluding hydrogens is 286 g/mol. The Bertz CT molecular complexity index is 898. The molecule has 0 radical (unpaired) electrons. The van der Waals surface area contributed by atoms with Crippen LogP contribution in [-0.4, -0.2) is 9.55 Å². The van der Waals surface area contributed by atoms with E-state index in [-0.39, 0.29) is 5.56 Å². The molecule has 4 heteroatoms. The van der Waals surface area contributed by atoms with Crippen molar-refractivity contribution < 1.29 is 0 Å². The molecule has 0 aliphatic carbocycles. The van der Waals surface area contributed by atoms with E-state index in [1.807, 2.05) is 56.4 Å². The van der Waals surface area contributed by atoms with Crippen molar-refractivity contribution in [1.82, 2.24) is 9.55 Å². The van der Waals surface area contributed by atoms with E-state index in [0.29, 0.717) is 12.4 Å². The molecule has 0 saturated heterocycles. The third kappa shape index (κ3) is 3.16. The number of nitrogen functional groups attached to an aromatic ring is 1. The number of aromatic nitrogens is 2. The van der Waals surface area contributed by atoms with Crippen molar-refractivity contribution in [3.05, 3.63) is 81.9 Å². The smallest absolute Gasteiger partial charge is 0.251 e. The second kappa shape index (κ2) is 6.08. The highest BCUT2D eigenvalue weighted by Gasteiger charge is 2.10. The molecule has 23 heavy (non-hydrogen) atoms. The van der Waals surface area contributed by atoms with Crippen LogP contribution in [0.15, 0.2) is 59.7 Å². The average molecular weight is 305 g/mol. The number of pyridine rings is 2. The summed E-state index contributed by atoms with van der Waals surface area (Å²) in [6.07, 6.45) is 3.61. The van der Waals surface area contributed by atoms with Crippen LogP contribution in [0.1, 0.15) is 16.7 Å². The lowest BCUT2D eigenvalue weighted by atomic mass is 10.0. The summed E-state index contributed by atoms with van der Waals surface area (Å²) in [4.78, 5) is 16.7. The number of hydrogen-bond acceptors (Lipinski definition) is 3. The lowest BCUT2D eigenvalue weighted by molar-refractivity contribution is 0.755. The summed E-state index contributed by atoms with van der Waals surface area (Å²) in [7, 11) is 0. The zero-order valence-corrected chi connectivity index (χ0v) is 13.3. The fraction of sp³-hybridized carbons (Fsp3) is 0.158. The van der Waals surface area contributed by atoms with E-state index in [0.717, 1.165) is 27.8 Å². The minimum absolute atomic E-state index is 0.0460. The molecule has 116 valence electrons. The summed E-state index contributed by atoms with van der Waals surface area (Å²) < 4.78 is 1.72. The van der Waals surface area contributed by atoms with Crippen LogP contribution in [0.4, 0.5) is 5.82 Å². The monoisotopic (exact) mass is 305 g/mol. The second-order valence-corrected chi connectivity index (χ2v) is 5.77. The van der Waals surface area contributed by atoms with E-state index in [1.54, 1.807) is 16.8 Å². The maximum absolute atomic E-state index is 12.5. The van der Waals surface area contributed by atoms with Gasteiger partial charge in [0.1, 0.15) is 5.82 Å². The van der Waals surface area contributed by atoms with E-state index in [9.17, 15) is 4.79 Å². The summed E-state index contributed by atoms with van der Waals surface area (Å²) in [5.41, 5.74) is 10.7. The van der Waals surface area contributed by atoms with Gasteiger partial charge in [0.15, 0.2) is 0 Å². The van der Waals surface area contributed by atoms with Crippen LogP contribution in [-0.2, 0) is 6.54 Å². The van der Waals surface area contributed by atoms with Gasteiger partial charge < -0.3 is 10.3 Å². The molecule has 0 unspecified atom stereocenters. The maximum atomic E-state index is 12.5. The van der Waals surface area contributed by atoms with Crippen molar-refractivity contribution in [3.63, 3.8) is 0 Å². The van der Waals surface area contributed by atoms with Gasteiger partial charge in [0.2, 0.25) is 0 Å². The Morgan fingerprint density at radius 3 is 2.57 bits per heavy atom. The molecule has 0 atom stereocenters. The third-order valence-corrected chi connectivity index (χ3v) is 3.87. The lowest BCUT2D eigenvalue weighted by Gasteiger charge is -2.12. The number of aryl methyl sites for hydroxylation is 2. The van der Waals surface area contributed by atoms with Crippen molar-refractivity contribution in [2.45, 2.75) is 20.4 Å². The van der Waals surface area contributed by atoms with Gasteiger partial charge in [-0.25, -0.2) is 4.98 Å². The van der Waals surface area contributed by atoms with Crippen molar-refractivity contribution in [3.8, 4) is 11.1 Å². The molecule has 2 heterocycles. The van der Waals surface area contributed by atoms with E-state index in [1.165, 1.54) is 0 Å². The van der Waals surface area contributed by atoms with Crippen molar-refractivity contribution in [2.75, 3.05) is 5.73 Å². The van der Waals surface area contributed by atoms with Gasteiger partial charge in [0, 0.05) is 24.0 Å². The molecular formula is C19H19N3O. The van der Waals surface area contributed by atoms with Crippen LogP contribution in [0.5, 0.6) is 0 Å². The van der Waals surface area contributed by atoms with Crippen molar-refractivity contribution in [2.24, 2.45) is 0 Å². The molecule has 3 rings (SSSR count). The predicted octanol–water partition coefficient (Wildman–Crippen LogP) is 3.16. The quantitative estimate of drug-likeness (QED) is 0.808. The summed E-state index contributed by atoms with van der Waals surface area (Å²) in [6, 6.07) is 13.5. The number of nitrogens with zero attached hydrogens (tertiary/aromatic N) is 2. The number of benzene rings is 1. The van der Waals surface area contributed by atoms with Crippen LogP contribution in [0.3, 0.4) is 0 Å². The molecule has 3 aromatic rings. The summed E-state index contributed by atoms with van der Waals surface area (Å²) in [5.74, 6) is 0.443. The first kappa shape index (κ1) is 15.0. The molecule has 0 bridgehead atoms. The van der Waals surface area contributed by atoms with Gasteiger partial charge in [-0.3, -0.25) is 4.79 Å². The first-order chi connectivity index (χ1) is 11.0. The number of rotatable bonds is 3. The molecule has 0 saturated carbocycles. The summed E-state index contributed by atoms with van der Waals surface area (Å²) in [5, 5.41) is 0. The third-order valence-electron chi connectivity index (χ3n) is 3.87. The van der Waals surface area contributed by atoms with Crippen LogP contribution < -0.4 is 11.3 Å². The first-order valence-corrected chi connectivity index (χ1v) is 7.52. The van der Waals surface area contributed by atoms with Crippen LogP contribution in [0, 0.1) is 13.8 Å². The van der Waals surface area contributed by atoms with Gasteiger partial charge in [0.25, 0.3) is 5.56 Å². The van der Waals surface area contributed by atoms with Gasteiger partial charge in [-0.1, -0.05) is 30.3 Å². The highest BCUT2D eigenvalue weighted by Crippen LogP contribution is 2.26. The molecule has 4 nitrogen and oxygen atoms in total. The fourth-order valence-electron chi connectivity index (χ4n) is 2.68. The zero-order valence-electron chi connectivity index (χ0n) is 13.3. The van der Waals surface area contributed by atoms with E-state index >= 15 is 0 Å². The number of hydrogen-bond donors (Lipinski definition) is 1. The normalized spacial score (nSPS) is 10.7. The molecule has 1 aromatic carbocycles. The predicted molar refractivity (Wildman–Crippen MR) is 93.4 cm³/mol. The Balaban J connectivity index is 2.04. The molecule has 2 N–H and O–H groups in total. The van der Waals surface area contributed by atoms with Gasteiger partial charge in [-0.15, -0.1) is 0 Å². The van der Waals surface area contributed by atoms with Gasteiger partial charge in [-0.05, 0) is 42.2 Å². The molecule has 0 aliphatic rings. The SMILES string of the molecule is Cc1cnc(N)c(-c2cc(=O)n(Cc3ccccc3)cc2C)c1. The summed E-state index contributed by atoms with van der Waals surface area (Å²) >= 11 is 0. The Hall–Kier alpha value is -2.88. The summed E-state index contributed by atoms with van der Waals surface area (Å²) in [6.45, 7) is 4.50. The molecule has 0 fully saturated rings. The maximum Gasteiger partial charge on any atom is 0.251 e. The van der Waals surface area contributed by atoms with E-state index in [2.05, 4.69) is 4.98 Å². The topological polar surface area (TPSA) is 60.9 Å². The van der Waals surface area contributed by atoms with E-state index < -0.39 is 0 Å². The van der Waals surface area contributed by atoms with Crippen LogP contribution >= 0.6 is 0 Å². The first-order valence-electron chi connectivity index (χ1n) is 7.52. The highest BCUT2D eigenvalue weighted by molar-refractivity contribution is 5.76. The van der Waals surface area contributed by atoms with Crippen molar-refractivity contribution >= 4 is 5.82 Å². The van der Waals surface area contributed by atoms with E-state index in [4.69, 9.17) is 5.73 Å². The number of nitrogens with two attached hydrogens (primary N) is 1. The lowest BCUT2D eigenvalue weighted by Crippen LogP contribution is -2.20. The Kier molecular flexibility index (Phi) is 3.98. The number of anilines is 1. The minimum atomic E-state index is -0.0460. The highest BCUT2D eigenvalue weighted by atomic mass is 16.1. The molecule has 2 aromatic heterocycles. The van der Waals surface area contributed by atoms with Crippen LogP contribution in [0.25, 0.3) is 11.1 Å². The van der Waals surface area contributed by atoms with Gasteiger partial charge in [-0.2, -0.15) is 0 Å². The second-order valence-electron chi connectivity index (χ2n) is 5.77. The largest absolute Gasteiger partial charge is 0.383 e. The van der Waals surface area contributed by atoms with Crippen molar-refractivity contribution in [1.29, 1.82) is 0 Å². The molecule has 0 spiro atoms.